The highest BCUT2D eigenvalue weighted by Gasteiger charge is 2.31. The third-order valence-corrected chi connectivity index (χ3v) is 5.41. The van der Waals surface area contributed by atoms with E-state index in [-0.39, 0.29) is 11.9 Å². The molecule has 1 atom stereocenters. The summed E-state index contributed by atoms with van der Waals surface area (Å²) in [6, 6.07) is 14.7. The van der Waals surface area contributed by atoms with Crippen LogP contribution in [-0.2, 0) is 22.5 Å². The van der Waals surface area contributed by atoms with E-state index in [0.29, 0.717) is 32.8 Å². The Balaban J connectivity index is 1.71. The van der Waals surface area contributed by atoms with Gasteiger partial charge in [-0.05, 0) is 49.4 Å². The lowest BCUT2D eigenvalue weighted by Crippen LogP contribution is -2.33. The van der Waals surface area contributed by atoms with Gasteiger partial charge in [0.1, 0.15) is 6.61 Å². The van der Waals surface area contributed by atoms with Crippen molar-refractivity contribution in [2.24, 2.45) is 0 Å². The molecule has 1 unspecified atom stereocenters. The summed E-state index contributed by atoms with van der Waals surface area (Å²) in [6.45, 7) is 6.50. The molecular formula is C25H33NO4. The van der Waals surface area contributed by atoms with E-state index in [1.165, 1.54) is 11.1 Å². The first-order valence-corrected chi connectivity index (χ1v) is 10.8. The molecule has 0 spiro atoms. The first kappa shape index (κ1) is 22.2. The van der Waals surface area contributed by atoms with Crippen LogP contribution in [0.1, 0.15) is 42.9 Å². The number of amides is 1. The average Bonchev–Trinajstić information content (AvgIpc) is 3.08. The second-order valence-electron chi connectivity index (χ2n) is 7.87. The van der Waals surface area contributed by atoms with E-state index >= 15 is 0 Å². The fraction of sp³-hybridized carbons (Fsp3) is 0.480. The summed E-state index contributed by atoms with van der Waals surface area (Å²) >= 11 is 0. The monoisotopic (exact) mass is 411 g/mol. The van der Waals surface area contributed by atoms with E-state index < -0.39 is 0 Å². The zero-order valence-electron chi connectivity index (χ0n) is 18.4. The van der Waals surface area contributed by atoms with Gasteiger partial charge in [0, 0.05) is 26.1 Å². The quantitative estimate of drug-likeness (QED) is 0.509. The minimum absolute atomic E-state index is 0.207. The second-order valence-corrected chi connectivity index (χ2v) is 7.87. The summed E-state index contributed by atoms with van der Waals surface area (Å²) in [7, 11) is 1.66. The van der Waals surface area contributed by atoms with Gasteiger partial charge in [0.2, 0.25) is 5.91 Å². The van der Waals surface area contributed by atoms with Gasteiger partial charge in [-0.2, -0.15) is 0 Å². The molecule has 1 heterocycles. The summed E-state index contributed by atoms with van der Waals surface area (Å²) in [6.07, 6.45) is 3.26. The molecule has 1 aliphatic rings. The third kappa shape index (κ3) is 5.99. The molecule has 2 aromatic rings. The molecule has 1 aliphatic heterocycles. The number of ether oxygens (including phenoxy) is 3. The predicted molar refractivity (Wildman–Crippen MR) is 118 cm³/mol. The van der Waals surface area contributed by atoms with E-state index in [1.807, 2.05) is 11.0 Å². The van der Waals surface area contributed by atoms with Crippen molar-refractivity contribution >= 4 is 5.91 Å². The molecule has 1 saturated heterocycles. The molecule has 3 rings (SSSR count). The summed E-state index contributed by atoms with van der Waals surface area (Å²) in [4.78, 5) is 14.6. The Morgan fingerprint density at radius 2 is 1.70 bits per heavy atom. The maximum Gasteiger partial charge on any atom is 0.223 e. The van der Waals surface area contributed by atoms with Crippen LogP contribution in [0.3, 0.4) is 0 Å². The minimum atomic E-state index is 0.207. The summed E-state index contributed by atoms with van der Waals surface area (Å²) < 4.78 is 16.8. The van der Waals surface area contributed by atoms with Gasteiger partial charge in [0.25, 0.3) is 0 Å². The number of likely N-dealkylation sites (tertiary alicyclic amines) is 1. The molecule has 30 heavy (non-hydrogen) atoms. The molecule has 2 aromatic carbocycles. The lowest BCUT2D eigenvalue weighted by atomic mass is 10.0. The molecule has 0 saturated carbocycles. The highest BCUT2D eigenvalue weighted by atomic mass is 16.5. The number of nitrogens with zero attached hydrogens (tertiary/aromatic N) is 1. The van der Waals surface area contributed by atoms with E-state index in [9.17, 15) is 4.79 Å². The molecule has 0 aliphatic carbocycles. The van der Waals surface area contributed by atoms with Crippen molar-refractivity contribution < 1.29 is 19.0 Å². The van der Waals surface area contributed by atoms with Crippen LogP contribution in [0.15, 0.2) is 42.5 Å². The Morgan fingerprint density at radius 3 is 2.43 bits per heavy atom. The van der Waals surface area contributed by atoms with Crippen LogP contribution in [0.4, 0.5) is 0 Å². The van der Waals surface area contributed by atoms with Crippen LogP contribution in [-0.4, -0.2) is 43.8 Å². The van der Waals surface area contributed by atoms with Crippen molar-refractivity contribution in [1.29, 1.82) is 0 Å². The van der Waals surface area contributed by atoms with Crippen LogP contribution in [0.25, 0.3) is 0 Å². The number of carbonyl (C=O) groups excluding carboxylic acids is 1. The molecule has 0 bridgehead atoms. The van der Waals surface area contributed by atoms with Gasteiger partial charge < -0.3 is 19.1 Å². The van der Waals surface area contributed by atoms with E-state index in [0.717, 1.165) is 36.3 Å². The van der Waals surface area contributed by atoms with Crippen LogP contribution in [0, 0.1) is 6.92 Å². The molecule has 0 N–H and O–H groups in total. The molecule has 0 aromatic heterocycles. The van der Waals surface area contributed by atoms with Gasteiger partial charge in [-0.3, -0.25) is 4.79 Å². The van der Waals surface area contributed by atoms with Gasteiger partial charge in [0.15, 0.2) is 11.5 Å². The van der Waals surface area contributed by atoms with Crippen molar-refractivity contribution in [3.63, 3.8) is 0 Å². The predicted octanol–water partition coefficient (Wildman–Crippen LogP) is 4.54. The summed E-state index contributed by atoms with van der Waals surface area (Å²) in [5, 5.41) is 0. The summed E-state index contributed by atoms with van der Waals surface area (Å²) in [5.41, 5.74) is 3.57. The first-order chi connectivity index (χ1) is 14.6. The van der Waals surface area contributed by atoms with Gasteiger partial charge in [0.05, 0.1) is 13.2 Å². The van der Waals surface area contributed by atoms with Crippen molar-refractivity contribution in [2.75, 3.05) is 26.9 Å². The van der Waals surface area contributed by atoms with Gasteiger partial charge >= 0.3 is 0 Å². The average molecular weight is 412 g/mol. The fourth-order valence-electron chi connectivity index (χ4n) is 3.74. The zero-order chi connectivity index (χ0) is 21.3. The van der Waals surface area contributed by atoms with E-state index in [1.54, 1.807) is 7.11 Å². The van der Waals surface area contributed by atoms with Crippen molar-refractivity contribution in [1.82, 2.24) is 4.90 Å². The van der Waals surface area contributed by atoms with Crippen LogP contribution in [0.5, 0.6) is 11.5 Å². The van der Waals surface area contributed by atoms with Crippen molar-refractivity contribution in [2.45, 2.75) is 52.1 Å². The number of hydrogen-bond donors (Lipinski definition) is 0. The standard InChI is InChI=1S/C25H33NO4/c1-4-13-29-24-17-21(9-11-23(24)30-15-14-28-3)16-22-10-12-25(27)26(22)18-20-7-5-19(2)6-8-20/h5-9,11,17,22H,4,10,12-16,18H2,1-3H3. The van der Waals surface area contributed by atoms with E-state index in [2.05, 4.69) is 50.2 Å². The smallest absolute Gasteiger partial charge is 0.223 e. The minimum Gasteiger partial charge on any atom is -0.490 e. The molecule has 0 radical (unpaired) electrons. The Morgan fingerprint density at radius 1 is 0.967 bits per heavy atom. The van der Waals surface area contributed by atoms with Crippen molar-refractivity contribution in [3.8, 4) is 11.5 Å². The largest absolute Gasteiger partial charge is 0.490 e. The van der Waals surface area contributed by atoms with Crippen molar-refractivity contribution in [3.05, 3.63) is 59.2 Å². The maximum absolute atomic E-state index is 12.5. The van der Waals surface area contributed by atoms with Gasteiger partial charge in [-0.15, -0.1) is 0 Å². The Kier molecular flexibility index (Phi) is 8.14. The number of rotatable bonds is 11. The lowest BCUT2D eigenvalue weighted by molar-refractivity contribution is -0.129. The Hall–Kier alpha value is -2.53. The highest BCUT2D eigenvalue weighted by molar-refractivity contribution is 5.78. The molecule has 5 heteroatoms. The van der Waals surface area contributed by atoms with Gasteiger partial charge in [-0.25, -0.2) is 0 Å². The Labute approximate surface area is 179 Å². The lowest BCUT2D eigenvalue weighted by Gasteiger charge is -2.25. The number of carbonyl (C=O) groups is 1. The first-order valence-electron chi connectivity index (χ1n) is 10.8. The van der Waals surface area contributed by atoms with Crippen LogP contribution < -0.4 is 9.47 Å². The Bertz CT molecular complexity index is 818. The normalized spacial score (nSPS) is 16.2. The van der Waals surface area contributed by atoms with E-state index in [4.69, 9.17) is 14.2 Å². The number of aryl methyl sites for hydroxylation is 1. The zero-order valence-corrected chi connectivity index (χ0v) is 18.4. The SMILES string of the molecule is CCCOc1cc(CC2CCC(=O)N2Cc2ccc(C)cc2)ccc1OCCOC. The molecular weight excluding hydrogens is 378 g/mol. The number of methoxy groups -OCH3 is 1. The van der Waals surface area contributed by atoms with Gasteiger partial charge in [-0.1, -0.05) is 42.8 Å². The topological polar surface area (TPSA) is 48.0 Å². The maximum atomic E-state index is 12.5. The van der Waals surface area contributed by atoms with Crippen LogP contribution in [0.2, 0.25) is 0 Å². The fourth-order valence-corrected chi connectivity index (χ4v) is 3.74. The summed E-state index contributed by atoms with van der Waals surface area (Å²) in [5.74, 6) is 1.74. The molecule has 5 nitrogen and oxygen atoms in total. The third-order valence-electron chi connectivity index (χ3n) is 5.41. The number of hydrogen-bond acceptors (Lipinski definition) is 4. The molecule has 1 fully saturated rings. The number of benzene rings is 2. The molecule has 162 valence electrons. The van der Waals surface area contributed by atoms with Crippen LogP contribution >= 0.6 is 0 Å². The highest BCUT2D eigenvalue weighted by Crippen LogP contribution is 2.31. The second kappa shape index (κ2) is 11.0. The molecule has 1 amide bonds.